The van der Waals surface area contributed by atoms with Crippen molar-refractivity contribution in [2.45, 2.75) is 38.8 Å². The van der Waals surface area contributed by atoms with E-state index in [-0.39, 0.29) is 24.1 Å². The number of carbonyl (C=O) groups is 3. The first-order chi connectivity index (χ1) is 19.0. The van der Waals surface area contributed by atoms with E-state index in [2.05, 4.69) is 5.32 Å². The van der Waals surface area contributed by atoms with Crippen LogP contribution in [0.1, 0.15) is 39.9 Å². The fraction of sp³-hybridized carbons (Fsp3) is 0.242. The molecular formula is C33H33N3O3. The zero-order valence-corrected chi connectivity index (χ0v) is 22.4. The van der Waals surface area contributed by atoms with Crippen LogP contribution in [0.3, 0.4) is 0 Å². The predicted octanol–water partition coefficient (Wildman–Crippen LogP) is 5.27. The molecule has 1 atom stereocenters. The summed E-state index contributed by atoms with van der Waals surface area (Å²) < 4.78 is 0. The minimum absolute atomic E-state index is 0.0295. The third-order valence-corrected chi connectivity index (χ3v) is 7.37. The van der Waals surface area contributed by atoms with Gasteiger partial charge in [-0.1, -0.05) is 84.4 Å². The lowest BCUT2D eigenvalue weighted by atomic mass is 10.0. The molecule has 5 rings (SSSR count). The second-order valence-corrected chi connectivity index (χ2v) is 10.1. The molecule has 6 nitrogen and oxygen atoms in total. The van der Waals surface area contributed by atoms with Crippen molar-refractivity contribution in [3.8, 4) is 0 Å². The largest absolute Gasteiger partial charge is 0.357 e. The molecule has 1 aliphatic heterocycles. The van der Waals surface area contributed by atoms with Crippen LogP contribution < -0.4 is 10.2 Å². The zero-order valence-electron chi connectivity index (χ0n) is 22.4. The van der Waals surface area contributed by atoms with E-state index in [1.807, 2.05) is 97.9 Å². The number of aryl methyl sites for hydroxylation is 1. The maximum Gasteiger partial charge on any atom is 0.258 e. The third-order valence-electron chi connectivity index (χ3n) is 7.37. The fourth-order valence-electron chi connectivity index (χ4n) is 5.46. The van der Waals surface area contributed by atoms with Crippen molar-refractivity contribution in [1.82, 2.24) is 10.2 Å². The first-order valence-electron chi connectivity index (χ1n) is 13.4. The van der Waals surface area contributed by atoms with Crippen molar-refractivity contribution >= 4 is 34.2 Å². The summed E-state index contributed by atoms with van der Waals surface area (Å²) in [6.45, 7) is 2.78. The van der Waals surface area contributed by atoms with E-state index in [1.54, 1.807) is 16.8 Å². The van der Waals surface area contributed by atoms with Crippen LogP contribution in [0.15, 0.2) is 91.0 Å². The molecule has 0 aromatic heterocycles. The van der Waals surface area contributed by atoms with Crippen LogP contribution in [0.4, 0.5) is 5.69 Å². The Balaban J connectivity index is 1.35. The van der Waals surface area contributed by atoms with Gasteiger partial charge in [0.2, 0.25) is 11.8 Å². The number of hydrogen-bond acceptors (Lipinski definition) is 3. The second kappa shape index (κ2) is 11.5. The number of carbonyl (C=O) groups excluding carboxylic acids is 3. The van der Waals surface area contributed by atoms with Gasteiger partial charge < -0.3 is 15.1 Å². The Morgan fingerprint density at radius 2 is 1.62 bits per heavy atom. The summed E-state index contributed by atoms with van der Waals surface area (Å²) in [6.07, 6.45) is 1.13. The normalized spacial score (nSPS) is 13.0. The van der Waals surface area contributed by atoms with Crippen LogP contribution in [0.2, 0.25) is 0 Å². The lowest BCUT2D eigenvalue weighted by Crippen LogP contribution is -2.49. The molecule has 4 aromatic rings. The Morgan fingerprint density at radius 1 is 0.897 bits per heavy atom. The Labute approximate surface area is 229 Å². The Morgan fingerprint density at radius 3 is 2.36 bits per heavy atom. The van der Waals surface area contributed by atoms with Crippen LogP contribution in [0.25, 0.3) is 10.8 Å². The molecule has 1 N–H and O–H groups in total. The minimum Gasteiger partial charge on any atom is -0.357 e. The molecule has 39 heavy (non-hydrogen) atoms. The fourth-order valence-corrected chi connectivity index (χ4v) is 5.46. The summed E-state index contributed by atoms with van der Waals surface area (Å²) in [6, 6.07) is 28.8. The van der Waals surface area contributed by atoms with Crippen molar-refractivity contribution in [2.75, 3.05) is 18.5 Å². The molecule has 1 aliphatic rings. The van der Waals surface area contributed by atoms with Crippen LogP contribution >= 0.6 is 0 Å². The van der Waals surface area contributed by atoms with Gasteiger partial charge in [-0.25, -0.2) is 0 Å². The van der Waals surface area contributed by atoms with Gasteiger partial charge in [-0.2, -0.15) is 0 Å². The summed E-state index contributed by atoms with van der Waals surface area (Å²) >= 11 is 0. The number of anilines is 1. The molecule has 0 saturated heterocycles. The highest BCUT2D eigenvalue weighted by molar-refractivity contribution is 6.25. The number of rotatable bonds is 10. The first-order valence-corrected chi connectivity index (χ1v) is 13.4. The lowest BCUT2D eigenvalue weighted by Gasteiger charge is -2.31. The molecule has 0 aliphatic carbocycles. The molecule has 3 amide bonds. The number of benzene rings is 4. The van der Waals surface area contributed by atoms with Gasteiger partial charge in [-0.3, -0.25) is 14.4 Å². The average Bonchev–Trinajstić information content (AvgIpc) is 3.23. The van der Waals surface area contributed by atoms with E-state index >= 15 is 0 Å². The molecule has 0 saturated carbocycles. The molecule has 4 aromatic carbocycles. The SMILES string of the molecule is CNC(=O)C(Cc1ccccc1)N(Cc1cccc(C)c1)C(=O)CCCN1C(=O)c2cccc3cccc1c23. The number of nitrogens with zero attached hydrogens (tertiary/aromatic N) is 2. The van der Waals surface area contributed by atoms with E-state index in [4.69, 9.17) is 0 Å². The molecule has 0 radical (unpaired) electrons. The Hall–Kier alpha value is -4.45. The maximum absolute atomic E-state index is 13.8. The maximum atomic E-state index is 13.8. The molecule has 6 heteroatoms. The van der Waals surface area contributed by atoms with Gasteiger partial charge in [0.25, 0.3) is 5.91 Å². The van der Waals surface area contributed by atoms with E-state index < -0.39 is 6.04 Å². The molecular weight excluding hydrogens is 486 g/mol. The van der Waals surface area contributed by atoms with Crippen molar-refractivity contribution in [1.29, 1.82) is 0 Å². The highest BCUT2D eigenvalue weighted by Crippen LogP contribution is 2.37. The van der Waals surface area contributed by atoms with Gasteiger partial charge in [-0.15, -0.1) is 0 Å². The monoisotopic (exact) mass is 519 g/mol. The predicted molar refractivity (Wildman–Crippen MR) is 155 cm³/mol. The van der Waals surface area contributed by atoms with Gasteiger partial charge in [0, 0.05) is 43.9 Å². The molecule has 0 spiro atoms. The van der Waals surface area contributed by atoms with Gasteiger partial charge in [-0.05, 0) is 42.0 Å². The number of likely N-dealkylation sites (N-methyl/N-ethyl adjacent to an activating group) is 1. The van der Waals surface area contributed by atoms with Crippen LogP contribution in [0.5, 0.6) is 0 Å². The van der Waals surface area contributed by atoms with Gasteiger partial charge >= 0.3 is 0 Å². The van der Waals surface area contributed by atoms with Gasteiger partial charge in [0.05, 0.1) is 5.69 Å². The topological polar surface area (TPSA) is 69.7 Å². The van der Waals surface area contributed by atoms with Gasteiger partial charge in [0.15, 0.2) is 0 Å². The lowest BCUT2D eigenvalue weighted by molar-refractivity contribution is -0.141. The highest BCUT2D eigenvalue weighted by atomic mass is 16.2. The van der Waals surface area contributed by atoms with Gasteiger partial charge in [0.1, 0.15) is 6.04 Å². The van der Waals surface area contributed by atoms with Crippen LogP contribution in [-0.2, 0) is 22.6 Å². The first kappa shape index (κ1) is 26.2. The molecule has 0 fully saturated rings. The molecule has 1 heterocycles. The number of nitrogens with one attached hydrogen (secondary N) is 1. The Bertz CT molecular complexity index is 1510. The quantitative estimate of drug-likeness (QED) is 0.310. The minimum atomic E-state index is -0.656. The zero-order chi connectivity index (χ0) is 27.4. The third kappa shape index (κ3) is 5.55. The van der Waals surface area contributed by atoms with E-state index in [9.17, 15) is 14.4 Å². The summed E-state index contributed by atoms with van der Waals surface area (Å²) in [5, 5.41) is 4.77. The smallest absolute Gasteiger partial charge is 0.258 e. The van der Waals surface area contributed by atoms with Crippen molar-refractivity contribution in [3.63, 3.8) is 0 Å². The summed E-state index contributed by atoms with van der Waals surface area (Å²) in [5.74, 6) is -0.335. The van der Waals surface area contributed by atoms with Crippen LogP contribution in [0, 0.1) is 6.92 Å². The number of hydrogen-bond donors (Lipinski definition) is 1. The van der Waals surface area contributed by atoms with Crippen molar-refractivity contribution in [3.05, 3.63) is 113 Å². The summed E-state index contributed by atoms with van der Waals surface area (Å²) in [7, 11) is 1.60. The van der Waals surface area contributed by atoms with E-state index in [0.717, 1.165) is 33.2 Å². The van der Waals surface area contributed by atoms with E-state index in [1.165, 1.54) is 0 Å². The number of amides is 3. The summed E-state index contributed by atoms with van der Waals surface area (Å²) in [5.41, 5.74) is 4.66. The standard InChI is InChI=1S/C33H33N3O3/c1-23-10-6-13-25(20-23)22-36(29(32(38)34-2)21-24-11-4-3-5-12-24)30(37)18-9-19-35-28-17-8-15-26-14-7-16-27(31(26)28)33(35)39/h3-8,10-17,20,29H,9,18-19,21-22H2,1-2H3,(H,34,38). The Kier molecular flexibility index (Phi) is 7.73. The molecule has 198 valence electrons. The van der Waals surface area contributed by atoms with Crippen molar-refractivity contribution in [2.24, 2.45) is 0 Å². The van der Waals surface area contributed by atoms with Crippen molar-refractivity contribution < 1.29 is 14.4 Å². The van der Waals surface area contributed by atoms with Crippen LogP contribution in [-0.4, -0.2) is 42.3 Å². The highest BCUT2D eigenvalue weighted by Gasteiger charge is 2.31. The molecule has 0 bridgehead atoms. The summed E-state index contributed by atoms with van der Waals surface area (Å²) in [4.78, 5) is 43.6. The second-order valence-electron chi connectivity index (χ2n) is 10.1. The van der Waals surface area contributed by atoms with E-state index in [0.29, 0.717) is 31.5 Å². The average molecular weight is 520 g/mol. The molecule has 1 unspecified atom stereocenters.